The third kappa shape index (κ3) is 12.1. The monoisotopic (exact) mass is 1140 g/mol. The molecular formula is C49H77NaO26S. The fraction of sp³-hybridized carbons (Fsp3) is 0.939. The van der Waals surface area contributed by atoms with Crippen molar-refractivity contribution < 1.29 is 155 Å². The summed E-state index contributed by atoms with van der Waals surface area (Å²) in [5.41, 5.74) is 0.239. The number of ether oxygens (including phenoxy) is 10. The van der Waals surface area contributed by atoms with E-state index in [4.69, 9.17) is 51.6 Å². The van der Waals surface area contributed by atoms with E-state index < -0.39 is 188 Å². The van der Waals surface area contributed by atoms with Crippen LogP contribution in [-0.2, 0) is 66.7 Å². The molecule has 9 rings (SSSR count). The first-order valence-electron chi connectivity index (χ1n) is 26.4. The number of allylic oxidation sites excluding steroid dienone is 2. The first kappa shape index (κ1) is 62.5. The molecule has 0 aromatic rings. The molecule has 0 unspecified atom stereocenters. The molecule has 5 heterocycles. The van der Waals surface area contributed by atoms with Crippen LogP contribution in [0.25, 0.3) is 0 Å². The zero-order chi connectivity index (χ0) is 55.2. The van der Waals surface area contributed by atoms with Gasteiger partial charge in [-0.2, -0.15) is 0 Å². The molecule has 8 fully saturated rings. The van der Waals surface area contributed by atoms with Crippen molar-refractivity contribution >= 4 is 16.2 Å². The molecule has 4 aliphatic carbocycles. The van der Waals surface area contributed by atoms with Gasteiger partial charge in [-0.05, 0) is 101 Å². The van der Waals surface area contributed by atoms with Gasteiger partial charge in [-0.3, -0.25) is 8.98 Å². The maximum Gasteiger partial charge on any atom is 1.00 e. The molecule has 436 valence electrons. The smallest absolute Gasteiger partial charge is 0.726 e. The molecular weight excluding hydrogens is 1060 g/mol. The molecule has 28 heteroatoms. The minimum absolute atomic E-state index is 0. The average Bonchev–Trinajstić information content (AvgIpc) is 3.76. The van der Waals surface area contributed by atoms with Crippen LogP contribution in [0, 0.1) is 34.5 Å². The second-order valence-corrected chi connectivity index (χ2v) is 24.1. The average molecular weight is 1140 g/mol. The molecule has 3 saturated carbocycles. The summed E-state index contributed by atoms with van der Waals surface area (Å²) in [4.78, 5) is 13.0. The number of aliphatic hydroxyl groups is 11. The molecule has 0 aromatic heterocycles. The molecule has 31 atom stereocenters. The zero-order valence-electron chi connectivity index (χ0n) is 44.1. The molecule has 77 heavy (non-hydrogen) atoms. The summed E-state index contributed by atoms with van der Waals surface area (Å²) >= 11 is 0. The van der Waals surface area contributed by atoms with E-state index >= 15 is 0 Å². The topological polar surface area (TPSA) is 398 Å². The van der Waals surface area contributed by atoms with Gasteiger partial charge in [-0.1, -0.05) is 25.5 Å². The molecule has 0 aromatic carbocycles. The van der Waals surface area contributed by atoms with Crippen molar-refractivity contribution in [2.45, 2.75) is 240 Å². The zero-order valence-corrected chi connectivity index (χ0v) is 47.0. The van der Waals surface area contributed by atoms with Crippen LogP contribution in [0.3, 0.4) is 0 Å². The van der Waals surface area contributed by atoms with Crippen molar-refractivity contribution in [3.05, 3.63) is 11.6 Å². The Labute approximate surface area is 468 Å². The van der Waals surface area contributed by atoms with Crippen molar-refractivity contribution in [3.8, 4) is 0 Å². The van der Waals surface area contributed by atoms with Crippen molar-refractivity contribution in [1.29, 1.82) is 0 Å². The molecule has 11 N–H and O–H groups in total. The van der Waals surface area contributed by atoms with Crippen LogP contribution in [0.1, 0.15) is 86.5 Å². The number of carbonyl (C=O) groups excluding carboxylic acids is 1. The summed E-state index contributed by atoms with van der Waals surface area (Å²) in [6.07, 6.45) is -33.8. The van der Waals surface area contributed by atoms with Crippen LogP contribution >= 0.6 is 0 Å². The summed E-state index contributed by atoms with van der Waals surface area (Å²) in [5, 5.41) is 121. The van der Waals surface area contributed by atoms with Gasteiger partial charge >= 0.3 is 29.6 Å². The van der Waals surface area contributed by atoms with E-state index in [9.17, 15) is 73.9 Å². The molecule has 0 radical (unpaired) electrons. The third-order valence-electron chi connectivity index (χ3n) is 18.4. The second kappa shape index (κ2) is 24.2. The van der Waals surface area contributed by atoms with Gasteiger partial charge in [0.15, 0.2) is 31.5 Å². The number of ketones is 1. The maximum absolute atomic E-state index is 13.0. The van der Waals surface area contributed by atoms with Crippen LogP contribution in [0.4, 0.5) is 0 Å². The van der Waals surface area contributed by atoms with Gasteiger partial charge in [0.05, 0.1) is 43.7 Å². The van der Waals surface area contributed by atoms with E-state index in [0.29, 0.717) is 25.7 Å². The summed E-state index contributed by atoms with van der Waals surface area (Å²) in [6, 6.07) is 0. The third-order valence-corrected chi connectivity index (χ3v) is 19.0. The van der Waals surface area contributed by atoms with Crippen LogP contribution in [0.5, 0.6) is 0 Å². The number of hydrogen-bond acceptors (Lipinski definition) is 26. The molecule has 0 spiro atoms. The van der Waals surface area contributed by atoms with Crippen molar-refractivity contribution in [1.82, 2.24) is 0 Å². The largest absolute Gasteiger partial charge is 1.00 e. The van der Waals surface area contributed by atoms with Gasteiger partial charge in [0.1, 0.15) is 97.3 Å². The number of Topliss-reactive ketones (excluding diaryl/α,β-unsaturated/α-hetero) is 1. The standard InChI is InChI=1S/C49H78O26S.Na/c1-17(50)23-7-8-24-22-14-28(26-13-21(75-76(62,63)64)9-11-49(26,6)25(22)10-12-48(23,24)5)70-45-39(61)40(32(54)20(4)69-45)72-47-42(74-44-38(60)36(58)31(53)19(3)68-44)34(56)29(16-66-47)71-46-41(33(55)27(51)15-65-46)73-43-37(59)35(57)30(52)18(2)67-43;/h10,18-24,26-47,51-61H,7-9,11-16H2,1-6H3,(H,62,63,64);/q;+1/p-1/t18-,19-,20-,21+,22+,23-,24+,26-,27-,28+,29-,30+,31-,32-,33+,34+,35+,36+,37-,38-,39-,40+,41-,42-,43+,44+,45+,46+,47+,48-,49-;/m1./s1. The van der Waals surface area contributed by atoms with E-state index in [1.54, 1.807) is 6.92 Å². The van der Waals surface area contributed by atoms with Crippen LogP contribution < -0.4 is 29.6 Å². The summed E-state index contributed by atoms with van der Waals surface area (Å²) in [5.74, 6) is -0.508. The van der Waals surface area contributed by atoms with Gasteiger partial charge in [0, 0.05) is 5.92 Å². The Morgan fingerprint density at radius 3 is 1.70 bits per heavy atom. The Morgan fingerprint density at radius 1 is 0.597 bits per heavy atom. The van der Waals surface area contributed by atoms with Gasteiger partial charge in [-0.15, -0.1) is 0 Å². The van der Waals surface area contributed by atoms with Crippen LogP contribution in [0.2, 0.25) is 0 Å². The SMILES string of the molecule is CC(=O)[C@H]1CC[C@H]2[C@@H]3C[C@H](O[C@@H]4O[C@H](C)[C@@H](O)[C@H](O[C@@H]5OC[C@@H](O[C@@H]6OC[C@@H](O)[C@H](O)[C@H]6O[C@@H]6O[C@H](C)[C@H](O)[C@H](O)[C@H]6O)[C@H](O)[C@H]5O[C@@H]5O[C@H](C)[C@@H](O)[C@H](O)[C@H]5O)[C@H]4O)[C@H]4C[C@@H](OS(=O)(=O)[O-])CC[C@]4(C)C3=CC[C@]12C.[Na+]. The summed E-state index contributed by atoms with van der Waals surface area (Å²) < 4.78 is 101. The second-order valence-electron chi connectivity index (χ2n) is 23.1. The minimum atomic E-state index is -5.08. The molecule has 5 aliphatic heterocycles. The molecule has 0 amide bonds. The molecule has 26 nitrogen and oxygen atoms in total. The molecule has 9 aliphatic rings. The number of hydrogen-bond donors (Lipinski definition) is 11. The van der Waals surface area contributed by atoms with E-state index in [1.165, 1.54) is 26.3 Å². The van der Waals surface area contributed by atoms with E-state index in [1.807, 2.05) is 0 Å². The summed E-state index contributed by atoms with van der Waals surface area (Å²) in [6.45, 7) is 8.99. The Morgan fingerprint density at radius 2 is 1.12 bits per heavy atom. The van der Waals surface area contributed by atoms with Gasteiger partial charge in [0.2, 0.25) is 10.4 Å². The number of aliphatic hydroxyl groups excluding tert-OH is 11. The number of rotatable bonds is 13. The minimum Gasteiger partial charge on any atom is -0.726 e. The van der Waals surface area contributed by atoms with Crippen molar-refractivity contribution in [3.63, 3.8) is 0 Å². The van der Waals surface area contributed by atoms with E-state index in [-0.39, 0.29) is 71.4 Å². The fourth-order valence-electron chi connectivity index (χ4n) is 14.1. The number of carbonyl (C=O) groups is 1. The van der Waals surface area contributed by atoms with Crippen LogP contribution in [0.15, 0.2) is 11.6 Å². The Balaban J connectivity index is 0.00000784. The predicted octanol–water partition coefficient (Wildman–Crippen LogP) is -6.54. The predicted molar refractivity (Wildman–Crippen MR) is 249 cm³/mol. The quantitative estimate of drug-likeness (QED) is 0.0353. The van der Waals surface area contributed by atoms with E-state index in [0.717, 1.165) is 6.42 Å². The molecule has 0 bridgehead atoms. The van der Waals surface area contributed by atoms with Crippen LogP contribution in [-0.4, -0.2) is 242 Å². The Kier molecular flexibility index (Phi) is 19.6. The van der Waals surface area contributed by atoms with E-state index in [2.05, 4.69) is 19.9 Å². The Hall–Kier alpha value is -0.560. The normalized spacial score (nSPS) is 53.3. The first-order valence-corrected chi connectivity index (χ1v) is 27.8. The maximum atomic E-state index is 13.0. The summed E-state index contributed by atoms with van der Waals surface area (Å²) in [7, 11) is -5.08. The van der Waals surface area contributed by atoms with Gasteiger partial charge < -0.3 is 108 Å². The van der Waals surface area contributed by atoms with Gasteiger partial charge in [0.25, 0.3) is 0 Å². The number of fused-ring (bicyclic) bond motifs is 5. The van der Waals surface area contributed by atoms with Crippen molar-refractivity contribution in [2.75, 3.05) is 13.2 Å². The molecule has 5 saturated heterocycles. The van der Waals surface area contributed by atoms with Crippen molar-refractivity contribution in [2.24, 2.45) is 34.5 Å². The fourth-order valence-corrected chi connectivity index (χ4v) is 14.6. The first-order chi connectivity index (χ1) is 35.6. The Bertz CT molecular complexity index is 2180. The van der Waals surface area contributed by atoms with Gasteiger partial charge in [-0.25, -0.2) is 8.42 Å².